The van der Waals surface area contributed by atoms with Crippen LogP contribution in [0.3, 0.4) is 0 Å². The Morgan fingerprint density at radius 3 is 0.714 bits per heavy atom. The van der Waals surface area contributed by atoms with Crippen molar-refractivity contribution in [3.05, 3.63) is 272 Å². The van der Waals surface area contributed by atoms with Crippen LogP contribution in [-0.4, -0.2) is 68.2 Å². The van der Waals surface area contributed by atoms with Gasteiger partial charge in [0.2, 0.25) is 0 Å². The summed E-state index contributed by atoms with van der Waals surface area (Å²) in [5.74, 6) is 0. The fraction of sp³-hybridized carbons (Fsp3) is 0.149. The zero-order chi connectivity index (χ0) is 53.5. The molecule has 0 amide bonds. The molecular formula is C67H67B2CoN5O2. The second-order valence-electron chi connectivity index (χ2n) is 18.0. The van der Waals surface area contributed by atoms with E-state index in [9.17, 15) is 0 Å². The van der Waals surface area contributed by atoms with E-state index in [1.807, 2.05) is 32.0 Å². The van der Waals surface area contributed by atoms with Crippen LogP contribution in [0.4, 0.5) is 0 Å². The maximum atomic E-state index is 7.32. The molecule has 77 heavy (non-hydrogen) atoms. The molecule has 2 heterocycles. The molecule has 0 saturated carbocycles. The number of aliphatic imine (C=N–C) groups is 2. The minimum Gasteiger partial charge on any atom is -0.377 e. The Morgan fingerprint density at radius 2 is 0.519 bits per heavy atom. The van der Waals surface area contributed by atoms with Gasteiger partial charge in [-0.2, -0.15) is 54.2 Å². The standard InChI is InChI=1S/2C24H20B.C15H21N3O2.2C2H3N.Co/c2*1-5-13-21(14-6-1)25(22-15-7-2-8-16-22,23-17-9-3-10-18-23)24-19-11-4-12-20-24;1-12-14-4-3-5-15(18-14)13(2)17-7-9-20-11-10-19-8-6-16-12;2*1-2-3;/h2*1-20H;3-5H,6-11H2,1-2H3;2*1H3;/q2*-1;;;;+2. The molecule has 9 aromatic rings. The van der Waals surface area contributed by atoms with Gasteiger partial charge in [-0.25, -0.2) is 4.98 Å². The number of nitrogens with zero attached hydrogens (tertiary/aromatic N) is 5. The molecule has 0 fully saturated rings. The second kappa shape index (κ2) is 33.0. The molecule has 0 spiro atoms. The normalized spacial score (nSPS) is 12.3. The van der Waals surface area contributed by atoms with Crippen LogP contribution in [0.2, 0.25) is 0 Å². The molecule has 1 aromatic heterocycles. The van der Waals surface area contributed by atoms with E-state index in [0.717, 1.165) is 22.8 Å². The first-order valence-electron chi connectivity index (χ1n) is 26.0. The van der Waals surface area contributed by atoms with E-state index < -0.39 is 12.3 Å². The molecule has 8 aromatic carbocycles. The van der Waals surface area contributed by atoms with Gasteiger partial charge in [0.25, 0.3) is 0 Å². The molecule has 387 valence electrons. The Kier molecular flexibility index (Phi) is 25.5. The van der Waals surface area contributed by atoms with Crippen LogP contribution in [0.5, 0.6) is 0 Å². The van der Waals surface area contributed by atoms with Gasteiger partial charge >= 0.3 is 16.8 Å². The number of rotatable bonds is 8. The number of hydrogen-bond acceptors (Lipinski definition) is 7. The van der Waals surface area contributed by atoms with Crippen molar-refractivity contribution in [2.45, 2.75) is 27.7 Å². The summed E-state index contributed by atoms with van der Waals surface area (Å²) in [6.45, 7) is 10.5. The molecule has 0 aliphatic carbocycles. The molecule has 2 bridgehead atoms. The maximum Gasteiger partial charge on any atom is 2.00 e. The number of pyridine rings is 1. The van der Waals surface area contributed by atoms with E-state index in [1.54, 1.807) is 12.1 Å². The predicted octanol–water partition coefficient (Wildman–Crippen LogP) is 8.93. The van der Waals surface area contributed by atoms with E-state index in [4.69, 9.17) is 20.0 Å². The van der Waals surface area contributed by atoms with Gasteiger partial charge in [0, 0.05) is 13.8 Å². The third-order valence-corrected chi connectivity index (χ3v) is 13.4. The van der Waals surface area contributed by atoms with Gasteiger partial charge in [-0.05, 0) is 26.0 Å². The van der Waals surface area contributed by atoms with Crippen molar-refractivity contribution in [2.75, 3.05) is 39.5 Å². The summed E-state index contributed by atoms with van der Waals surface area (Å²) in [6, 6.07) is 96.5. The number of aromatic nitrogens is 1. The largest absolute Gasteiger partial charge is 2.00 e. The fourth-order valence-electron chi connectivity index (χ4n) is 10.1. The number of nitriles is 2. The van der Waals surface area contributed by atoms with Crippen LogP contribution in [0.25, 0.3) is 0 Å². The van der Waals surface area contributed by atoms with Gasteiger partial charge in [-0.15, -0.1) is 0 Å². The summed E-state index contributed by atoms with van der Waals surface area (Å²) in [5, 5.41) is 14.6. The molecule has 1 radical (unpaired) electrons. The van der Waals surface area contributed by atoms with Crippen LogP contribution in [0, 0.1) is 22.7 Å². The van der Waals surface area contributed by atoms with E-state index >= 15 is 0 Å². The van der Waals surface area contributed by atoms with Crippen molar-refractivity contribution >= 4 is 67.4 Å². The van der Waals surface area contributed by atoms with Crippen molar-refractivity contribution in [3.63, 3.8) is 0 Å². The molecule has 0 saturated heterocycles. The van der Waals surface area contributed by atoms with Gasteiger partial charge in [0.1, 0.15) is 12.3 Å². The Balaban J connectivity index is 0.000000202. The third-order valence-electron chi connectivity index (χ3n) is 13.4. The fourth-order valence-corrected chi connectivity index (χ4v) is 10.1. The van der Waals surface area contributed by atoms with Crippen LogP contribution >= 0.6 is 0 Å². The smallest absolute Gasteiger partial charge is 0.377 e. The molecule has 0 N–H and O–H groups in total. The summed E-state index contributed by atoms with van der Waals surface area (Å²) in [7, 11) is 0. The van der Waals surface area contributed by atoms with E-state index in [-0.39, 0.29) is 16.8 Å². The molecular weight excluding hydrogens is 987 g/mol. The van der Waals surface area contributed by atoms with Gasteiger partial charge < -0.3 is 9.47 Å². The average molecular weight is 1050 g/mol. The monoisotopic (exact) mass is 1050 g/mol. The summed E-state index contributed by atoms with van der Waals surface area (Å²) in [5.41, 5.74) is 14.3. The van der Waals surface area contributed by atoms with Crippen molar-refractivity contribution in [1.29, 1.82) is 10.5 Å². The van der Waals surface area contributed by atoms with Crippen molar-refractivity contribution in [1.82, 2.24) is 4.98 Å². The summed E-state index contributed by atoms with van der Waals surface area (Å²) in [4.78, 5) is 13.6. The molecule has 10 heteroatoms. The first-order valence-corrected chi connectivity index (χ1v) is 26.0. The molecule has 10 rings (SSSR count). The van der Waals surface area contributed by atoms with Gasteiger partial charge in [0.05, 0.1) is 74.5 Å². The Labute approximate surface area is 468 Å². The van der Waals surface area contributed by atoms with Crippen molar-refractivity contribution < 1.29 is 26.3 Å². The zero-order valence-corrected chi connectivity index (χ0v) is 45.7. The van der Waals surface area contributed by atoms with Crippen molar-refractivity contribution in [3.8, 4) is 12.1 Å². The Morgan fingerprint density at radius 1 is 0.325 bits per heavy atom. The van der Waals surface area contributed by atoms with Crippen LogP contribution in [0.15, 0.2) is 271 Å². The molecule has 1 aliphatic rings. The zero-order valence-electron chi connectivity index (χ0n) is 44.6. The van der Waals surface area contributed by atoms with E-state index in [2.05, 4.69) is 258 Å². The number of fused-ring (bicyclic) bond motifs is 2. The van der Waals surface area contributed by atoms with Crippen LogP contribution < -0.4 is 43.7 Å². The number of hydrogen-bond donors (Lipinski definition) is 0. The number of ether oxygens (including phenoxy) is 2. The Hall–Kier alpha value is -8.21. The quantitative estimate of drug-likeness (QED) is 0.142. The average Bonchev–Trinajstić information content (AvgIpc) is 3.52. The number of benzene rings is 8. The molecule has 1 aliphatic heterocycles. The molecule has 0 unspecified atom stereocenters. The van der Waals surface area contributed by atoms with Crippen molar-refractivity contribution in [2.24, 2.45) is 9.98 Å². The van der Waals surface area contributed by atoms with Crippen LogP contribution in [-0.2, 0) is 26.3 Å². The minimum atomic E-state index is -1.22. The van der Waals surface area contributed by atoms with Crippen LogP contribution in [0.1, 0.15) is 39.1 Å². The second-order valence-corrected chi connectivity index (χ2v) is 18.0. The predicted molar refractivity (Wildman–Crippen MR) is 323 cm³/mol. The Bertz CT molecular complexity index is 2660. The first kappa shape index (κ1) is 59.7. The molecule has 0 atom stereocenters. The topological polar surface area (TPSA) is 104 Å². The summed E-state index contributed by atoms with van der Waals surface area (Å²) < 4.78 is 10.9. The van der Waals surface area contributed by atoms with Gasteiger partial charge in [0.15, 0.2) is 0 Å². The first-order chi connectivity index (χ1) is 37.4. The summed E-state index contributed by atoms with van der Waals surface area (Å²) in [6.07, 6.45) is -2.43. The maximum absolute atomic E-state index is 7.32. The van der Waals surface area contributed by atoms with E-state index in [1.165, 1.54) is 57.5 Å². The minimum absolute atomic E-state index is 0. The summed E-state index contributed by atoms with van der Waals surface area (Å²) >= 11 is 0. The SMILES string of the molecule is CC#N.CC#N.CC1=NCCOCCOCCN=C(C)c2cccc1n2.[Co+2].c1ccc([B-](c2ccccc2)(c2ccccc2)c2ccccc2)cc1.c1ccc([B-](c2ccccc2)(c2ccccc2)c2ccccc2)cc1. The van der Waals surface area contributed by atoms with E-state index in [0.29, 0.717) is 39.5 Å². The van der Waals surface area contributed by atoms with Gasteiger partial charge in [-0.3, -0.25) is 9.98 Å². The molecule has 7 nitrogen and oxygen atoms in total. The van der Waals surface area contributed by atoms with Gasteiger partial charge in [-0.1, -0.05) is 249 Å². The third kappa shape index (κ3) is 16.1.